The second kappa shape index (κ2) is 3.69. The zero-order chi connectivity index (χ0) is 10.2. The van der Waals surface area contributed by atoms with Crippen LogP contribution in [-0.2, 0) is 10.0 Å². The molecule has 76 valence electrons. The maximum absolute atomic E-state index is 11.6. The van der Waals surface area contributed by atoms with Crippen LogP contribution in [0.3, 0.4) is 0 Å². The number of hydrogen-bond acceptors (Lipinski definition) is 2. The third kappa shape index (κ3) is 1.75. The van der Waals surface area contributed by atoms with Crippen LogP contribution < -0.4 is 4.31 Å². The van der Waals surface area contributed by atoms with E-state index in [1.165, 1.54) is 4.31 Å². The van der Waals surface area contributed by atoms with E-state index in [1.54, 1.807) is 0 Å². The molecule has 0 N–H and O–H groups in total. The van der Waals surface area contributed by atoms with E-state index in [2.05, 4.69) is 22.6 Å². The van der Waals surface area contributed by atoms with Gasteiger partial charge in [0, 0.05) is 10.1 Å². The molecule has 1 aromatic rings. The van der Waals surface area contributed by atoms with Gasteiger partial charge < -0.3 is 0 Å². The summed E-state index contributed by atoms with van der Waals surface area (Å²) < 4.78 is 25.8. The van der Waals surface area contributed by atoms with Gasteiger partial charge in [-0.2, -0.15) is 0 Å². The first-order chi connectivity index (χ1) is 6.61. The zero-order valence-electron chi connectivity index (χ0n) is 7.48. The second-order valence-corrected chi connectivity index (χ2v) is 6.37. The van der Waals surface area contributed by atoms with Gasteiger partial charge in [0.2, 0.25) is 10.0 Å². The molecule has 0 bridgehead atoms. The highest BCUT2D eigenvalue weighted by Gasteiger charge is 2.29. The number of hydrogen-bond donors (Lipinski definition) is 0. The molecule has 5 heteroatoms. The molecule has 0 unspecified atom stereocenters. The molecule has 1 aromatic carbocycles. The Bertz CT molecular complexity index is 444. The average Bonchev–Trinajstić information content (AvgIpc) is 2.46. The van der Waals surface area contributed by atoms with Gasteiger partial charge in [0.05, 0.1) is 11.4 Å². The van der Waals surface area contributed by atoms with Crippen LogP contribution in [0.4, 0.5) is 5.69 Å². The van der Waals surface area contributed by atoms with Crippen molar-refractivity contribution in [3.05, 3.63) is 27.8 Å². The Balaban J connectivity index is 2.46. The van der Waals surface area contributed by atoms with Crippen molar-refractivity contribution in [2.75, 3.05) is 16.6 Å². The first-order valence-corrected chi connectivity index (χ1v) is 7.05. The van der Waals surface area contributed by atoms with Crippen LogP contribution in [-0.4, -0.2) is 20.7 Å². The molecular formula is C9H10INO2S. The number of anilines is 1. The summed E-state index contributed by atoms with van der Waals surface area (Å²) in [5, 5.41) is 0. The van der Waals surface area contributed by atoms with Gasteiger partial charge in [0.25, 0.3) is 0 Å². The topological polar surface area (TPSA) is 37.4 Å². The Morgan fingerprint density at radius 2 is 2.00 bits per heavy atom. The van der Waals surface area contributed by atoms with Gasteiger partial charge in [-0.3, -0.25) is 4.31 Å². The van der Waals surface area contributed by atoms with E-state index in [0.29, 0.717) is 6.54 Å². The van der Waals surface area contributed by atoms with Gasteiger partial charge in [-0.25, -0.2) is 8.42 Å². The van der Waals surface area contributed by atoms with E-state index in [1.807, 2.05) is 24.3 Å². The third-order valence-electron chi connectivity index (χ3n) is 2.22. The summed E-state index contributed by atoms with van der Waals surface area (Å²) in [7, 11) is -3.03. The minimum Gasteiger partial charge on any atom is -0.269 e. The van der Waals surface area contributed by atoms with Crippen LogP contribution in [0.1, 0.15) is 6.42 Å². The summed E-state index contributed by atoms with van der Waals surface area (Å²) in [6, 6.07) is 7.55. The quantitative estimate of drug-likeness (QED) is 0.740. The van der Waals surface area contributed by atoms with E-state index in [9.17, 15) is 8.42 Å². The fraction of sp³-hybridized carbons (Fsp3) is 0.333. The SMILES string of the molecule is O=S1(=O)CCCN1c1ccccc1I. The van der Waals surface area contributed by atoms with Crippen LogP contribution in [0.25, 0.3) is 0 Å². The number of halogens is 1. The van der Waals surface area contributed by atoms with Gasteiger partial charge >= 0.3 is 0 Å². The van der Waals surface area contributed by atoms with Gasteiger partial charge in [-0.15, -0.1) is 0 Å². The highest BCUT2D eigenvalue weighted by molar-refractivity contribution is 14.1. The molecule has 0 aliphatic carbocycles. The summed E-state index contributed by atoms with van der Waals surface area (Å²) in [5.41, 5.74) is 0.811. The molecule has 0 saturated carbocycles. The number of benzene rings is 1. The summed E-state index contributed by atoms with van der Waals surface area (Å²) >= 11 is 2.16. The van der Waals surface area contributed by atoms with E-state index in [0.717, 1.165) is 15.7 Å². The van der Waals surface area contributed by atoms with Gasteiger partial charge in [-0.1, -0.05) is 12.1 Å². The summed E-state index contributed by atoms with van der Waals surface area (Å²) in [6.45, 7) is 0.613. The van der Waals surface area contributed by atoms with E-state index >= 15 is 0 Å². The van der Waals surface area contributed by atoms with Gasteiger partial charge in [-0.05, 0) is 41.1 Å². The maximum atomic E-state index is 11.6. The summed E-state index contributed by atoms with van der Waals surface area (Å²) in [6.07, 6.45) is 0.729. The first-order valence-electron chi connectivity index (χ1n) is 4.36. The lowest BCUT2D eigenvalue weighted by atomic mass is 10.3. The lowest BCUT2D eigenvalue weighted by molar-refractivity contribution is 0.599. The molecule has 14 heavy (non-hydrogen) atoms. The van der Waals surface area contributed by atoms with Gasteiger partial charge in [0.1, 0.15) is 0 Å². The smallest absolute Gasteiger partial charge is 0.235 e. The van der Waals surface area contributed by atoms with E-state index in [-0.39, 0.29) is 5.75 Å². The molecule has 1 aliphatic rings. The highest BCUT2D eigenvalue weighted by atomic mass is 127. The van der Waals surface area contributed by atoms with E-state index in [4.69, 9.17) is 0 Å². The number of para-hydroxylation sites is 1. The Labute approximate surface area is 97.3 Å². The molecule has 1 aliphatic heterocycles. The molecule has 0 aromatic heterocycles. The van der Waals surface area contributed by atoms with Crippen LogP contribution in [0.5, 0.6) is 0 Å². The Morgan fingerprint density at radius 3 is 2.57 bits per heavy atom. The molecule has 0 amide bonds. The largest absolute Gasteiger partial charge is 0.269 e. The third-order valence-corrected chi connectivity index (χ3v) is 4.99. The van der Waals surface area contributed by atoms with Crippen molar-refractivity contribution in [2.24, 2.45) is 0 Å². The number of sulfonamides is 1. The van der Waals surface area contributed by atoms with Crippen molar-refractivity contribution in [1.29, 1.82) is 0 Å². The van der Waals surface area contributed by atoms with Crippen LogP contribution in [0, 0.1) is 3.57 Å². The maximum Gasteiger partial charge on any atom is 0.235 e. The van der Waals surface area contributed by atoms with Crippen molar-refractivity contribution in [3.8, 4) is 0 Å². The van der Waals surface area contributed by atoms with Crippen LogP contribution in [0.15, 0.2) is 24.3 Å². The molecule has 0 spiro atoms. The van der Waals surface area contributed by atoms with Crippen molar-refractivity contribution >= 4 is 38.3 Å². The molecule has 1 saturated heterocycles. The predicted octanol–water partition coefficient (Wildman–Crippen LogP) is 1.83. The number of rotatable bonds is 1. The molecule has 1 heterocycles. The molecular weight excluding hydrogens is 313 g/mol. The van der Waals surface area contributed by atoms with Crippen LogP contribution >= 0.6 is 22.6 Å². The fourth-order valence-electron chi connectivity index (χ4n) is 1.56. The lowest BCUT2D eigenvalue weighted by Crippen LogP contribution is -2.25. The first kappa shape index (κ1) is 10.2. The molecule has 0 radical (unpaired) electrons. The standard InChI is InChI=1S/C9H10INO2S/c10-8-4-1-2-5-9(8)11-6-3-7-14(11,12)13/h1-2,4-5H,3,6-7H2. The zero-order valence-corrected chi connectivity index (χ0v) is 10.5. The molecule has 2 rings (SSSR count). The average molecular weight is 323 g/mol. The summed E-state index contributed by atoms with van der Waals surface area (Å²) in [4.78, 5) is 0. The van der Waals surface area contributed by atoms with Crippen molar-refractivity contribution in [1.82, 2.24) is 0 Å². The monoisotopic (exact) mass is 323 g/mol. The Morgan fingerprint density at radius 1 is 1.29 bits per heavy atom. The predicted molar refractivity (Wildman–Crippen MR) is 64.9 cm³/mol. The molecule has 0 atom stereocenters. The van der Waals surface area contributed by atoms with Crippen LogP contribution in [0.2, 0.25) is 0 Å². The van der Waals surface area contributed by atoms with Gasteiger partial charge in [0.15, 0.2) is 0 Å². The molecule has 3 nitrogen and oxygen atoms in total. The Hall–Kier alpha value is -0.300. The highest BCUT2D eigenvalue weighted by Crippen LogP contribution is 2.28. The number of nitrogens with zero attached hydrogens (tertiary/aromatic N) is 1. The Kier molecular flexibility index (Phi) is 2.70. The fourth-order valence-corrected chi connectivity index (χ4v) is 3.99. The second-order valence-electron chi connectivity index (χ2n) is 3.19. The van der Waals surface area contributed by atoms with Crippen molar-refractivity contribution in [3.63, 3.8) is 0 Å². The lowest BCUT2D eigenvalue weighted by Gasteiger charge is -2.17. The minimum atomic E-state index is -3.03. The normalized spacial score (nSPS) is 19.9. The van der Waals surface area contributed by atoms with E-state index < -0.39 is 10.0 Å². The van der Waals surface area contributed by atoms with Crippen molar-refractivity contribution < 1.29 is 8.42 Å². The molecule has 1 fully saturated rings. The van der Waals surface area contributed by atoms with Crippen molar-refractivity contribution in [2.45, 2.75) is 6.42 Å². The minimum absolute atomic E-state index is 0.276. The summed E-state index contributed by atoms with van der Waals surface area (Å²) in [5.74, 6) is 0.276.